The van der Waals surface area contributed by atoms with E-state index in [4.69, 9.17) is 9.52 Å². The van der Waals surface area contributed by atoms with E-state index in [2.05, 4.69) is 5.32 Å². The highest BCUT2D eigenvalue weighted by Crippen LogP contribution is 2.12. The number of carboxylic acids is 1. The number of hydrogen-bond donors (Lipinski definition) is 2. The smallest absolute Gasteiger partial charge is 0.322 e. The molecule has 0 unspecified atom stereocenters. The van der Waals surface area contributed by atoms with Crippen LogP contribution in [0.1, 0.15) is 21.9 Å². The van der Waals surface area contributed by atoms with Crippen molar-refractivity contribution < 1.29 is 19.1 Å². The van der Waals surface area contributed by atoms with Crippen LogP contribution in [0.2, 0.25) is 0 Å². The molecule has 0 spiro atoms. The van der Waals surface area contributed by atoms with Crippen LogP contribution in [0.3, 0.4) is 0 Å². The molecule has 1 aromatic heterocycles. The maximum absolute atomic E-state index is 11.3. The van der Waals surface area contributed by atoms with Crippen molar-refractivity contribution >= 4 is 11.9 Å². The van der Waals surface area contributed by atoms with E-state index in [0.717, 1.165) is 0 Å². The Morgan fingerprint density at radius 3 is 2.57 bits per heavy atom. The molecule has 0 aliphatic carbocycles. The third-order valence-corrected chi connectivity index (χ3v) is 1.65. The van der Waals surface area contributed by atoms with E-state index in [1.54, 1.807) is 19.9 Å². The van der Waals surface area contributed by atoms with Gasteiger partial charge in [0.1, 0.15) is 12.3 Å². The van der Waals surface area contributed by atoms with E-state index in [9.17, 15) is 9.59 Å². The van der Waals surface area contributed by atoms with Gasteiger partial charge in [-0.1, -0.05) is 0 Å². The number of carboxylic acid groups (broad SMARTS) is 1. The molecule has 0 aliphatic rings. The van der Waals surface area contributed by atoms with Crippen molar-refractivity contribution in [3.8, 4) is 0 Å². The number of nitrogens with one attached hydrogen (secondary N) is 1. The Kier molecular flexibility index (Phi) is 2.91. The van der Waals surface area contributed by atoms with Crippen LogP contribution in [0, 0.1) is 13.8 Å². The van der Waals surface area contributed by atoms with Crippen molar-refractivity contribution in [3.05, 3.63) is 23.2 Å². The Hall–Kier alpha value is -1.78. The number of aliphatic carboxylic acids is 1. The molecule has 0 aromatic carbocycles. The van der Waals surface area contributed by atoms with Crippen LogP contribution in [-0.4, -0.2) is 23.5 Å². The lowest BCUT2D eigenvalue weighted by Crippen LogP contribution is -2.29. The Labute approximate surface area is 80.7 Å². The largest absolute Gasteiger partial charge is 0.480 e. The number of rotatable bonds is 3. The highest BCUT2D eigenvalue weighted by molar-refractivity contribution is 5.94. The molecule has 0 saturated carbocycles. The summed E-state index contributed by atoms with van der Waals surface area (Å²) in [5.74, 6) is -0.788. The SMILES string of the molecule is Cc1cc(C)c(C(=O)NCC(=O)O)o1. The Morgan fingerprint density at radius 1 is 1.50 bits per heavy atom. The van der Waals surface area contributed by atoms with Gasteiger partial charge in [0.2, 0.25) is 0 Å². The monoisotopic (exact) mass is 197 g/mol. The lowest BCUT2D eigenvalue weighted by molar-refractivity contribution is -0.135. The maximum Gasteiger partial charge on any atom is 0.322 e. The molecule has 76 valence electrons. The van der Waals surface area contributed by atoms with Crippen LogP contribution in [0.5, 0.6) is 0 Å². The zero-order chi connectivity index (χ0) is 10.7. The van der Waals surface area contributed by atoms with E-state index in [-0.39, 0.29) is 5.76 Å². The summed E-state index contributed by atoms with van der Waals surface area (Å²) in [6, 6.07) is 1.72. The maximum atomic E-state index is 11.3. The molecule has 1 heterocycles. The quantitative estimate of drug-likeness (QED) is 0.747. The molecule has 0 fully saturated rings. The second-order valence-electron chi connectivity index (χ2n) is 2.95. The lowest BCUT2D eigenvalue weighted by Gasteiger charge is -1.99. The van der Waals surface area contributed by atoms with E-state index >= 15 is 0 Å². The van der Waals surface area contributed by atoms with Crippen LogP contribution < -0.4 is 5.32 Å². The summed E-state index contributed by atoms with van der Waals surface area (Å²) in [6.45, 7) is 3.05. The van der Waals surface area contributed by atoms with Gasteiger partial charge in [0.05, 0.1) is 0 Å². The molecule has 1 amide bonds. The zero-order valence-electron chi connectivity index (χ0n) is 7.96. The minimum Gasteiger partial charge on any atom is -0.480 e. The fourth-order valence-electron chi connectivity index (χ4n) is 1.10. The first kappa shape index (κ1) is 10.3. The average Bonchev–Trinajstić information content (AvgIpc) is 2.41. The number of carbonyl (C=O) groups is 2. The highest BCUT2D eigenvalue weighted by atomic mass is 16.4. The van der Waals surface area contributed by atoms with Crippen LogP contribution in [-0.2, 0) is 4.79 Å². The summed E-state index contributed by atoms with van der Waals surface area (Å²) < 4.78 is 5.10. The highest BCUT2D eigenvalue weighted by Gasteiger charge is 2.14. The standard InChI is InChI=1S/C9H11NO4/c1-5-3-6(2)14-8(5)9(13)10-4-7(11)12/h3H,4H2,1-2H3,(H,10,13)(H,11,12). The molecule has 2 N–H and O–H groups in total. The second kappa shape index (κ2) is 3.95. The molecule has 5 heteroatoms. The van der Waals surface area contributed by atoms with Gasteiger partial charge in [-0.25, -0.2) is 0 Å². The van der Waals surface area contributed by atoms with Crippen molar-refractivity contribution in [2.45, 2.75) is 13.8 Å². The molecule has 1 rings (SSSR count). The summed E-state index contributed by atoms with van der Waals surface area (Å²) >= 11 is 0. The number of amides is 1. The van der Waals surface area contributed by atoms with Gasteiger partial charge < -0.3 is 14.8 Å². The third-order valence-electron chi connectivity index (χ3n) is 1.65. The molecule has 0 aliphatic heterocycles. The van der Waals surface area contributed by atoms with Crippen molar-refractivity contribution in [2.24, 2.45) is 0 Å². The minimum atomic E-state index is -1.08. The molecule has 1 aromatic rings. The molecule has 5 nitrogen and oxygen atoms in total. The molecule has 0 radical (unpaired) electrons. The molecule has 0 atom stereocenters. The Balaban J connectivity index is 2.69. The van der Waals surface area contributed by atoms with Crippen molar-refractivity contribution in [1.82, 2.24) is 5.32 Å². The molecular formula is C9H11NO4. The van der Waals surface area contributed by atoms with Gasteiger partial charge in [-0.05, 0) is 19.9 Å². The van der Waals surface area contributed by atoms with Crippen LogP contribution in [0.4, 0.5) is 0 Å². The predicted octanol–water partition coefficient (Wildman–Crippen LogP) is 0.711. The predicted molar refractivity (Wildman–Crippen MR) is 48.2 cm³/mol. The number of hydrogen-bond acceptors (Lipinski definition) is 3. The van der Waals surface area contributed by atoms with Gasteiger partial charge in [0.15, 0.2) is 5.76 Å². The van der Waals surface area contributed by atoms with Crippen molar-refractivity contribution in [3.63, 3.8) is 0 Å². The topological polar surface area (TPSA) is 79.5 Å². The third kappa shape index (κ3) is 2.35. The number of furan rings is 1. The first-order chi connectivity index (χ1) is 6.50. The van der Waals surface area contributed by atoms with Gasteiger partial charge in [0.25, 0.3) is 5.91 Å². The lowest BCUT2D eigenvalue weighted by atomic mass is 10.2. The first-order valence-corrected chi connectivity index (χ1v) is 4.07. The summed E-state index contributed by atoms with van der Waals surface area (Å²) in [7, 11) is 0. The molecule has 14 heavy (non-hydrogen) atoms. The fourth-order valence-corrected chi connectivity index (χ4v) is 1.10. The summed E-state index contributed by atoms with van der Waals surface area (Å²) in [6.07, 6.45) is 0. The molecule has 0 saturated heterocycles. The summed E-state index contributed by atoms with van der Waals surface area (Å²) in [4.78, 5) is 21.5. The van der Waals surface area contributed by atoms with E-state index in [1.807, 2.05) is 0 Å². The van der Waals surface area contributed by atoms with Gasteiger partial charge >= 0.3 is 5.97 Å². The average molecular weight is 197 g/mol. The van der Waals surface area contributed by atoms with Crippen molar-refractivity contribution in [1.29, 1.82) is 0 Å². The van der Waals surface area contributed by atoms with Crippen LogP contribution >= 0.6 is 0 Å². The normalized spacial score (nSPS) is 9.86. The van der Waals surface area contributed by atoms with Gasteiger partial charge in [-0.3, -0.25) is 9.59 Å². The van der Waals surface area contributed by atoms with Crippen LogP contribution in [0.25, 0.3) is 0 Å². The second-order valence-corrected chi connectivity index (χ2v) is 2.95. The summed E-state index contributed by atoms with van der Waals surface area (Å²) in [5.41, 5.74) is 0.699. The van der Waals surface area contributed by atoms with Gasteiger partial charge in [-0.2, -0.15) is 0 Å². The van der Waals surface area contributed by atoms with E-state index in [0.29, 0.717) is 11.3 Å². The van der Waals surface area contributed by atoms with E-state index in [1.165, 1.54) is 0 Å². The van der Waals surface area contributed by atoms with Crippen molar-refractivity contribution in [2.75, 3.05) is 6.54 Å². The zero-order valence-corrected chi connectivity index (χ0v) is 7.96. The Bertz CT molecular complexity index is 367. The fraction of sp³-hybridized carbons (Fsp3) is 0.333. The molecule has 0 bridgehead atoms. The minimum absolute atomic E-state index is 0.170. The molecular weight excluding hydrogens is 186 g/mol. The van der Waals surface area contributed by atoms with Crippen LogP contribution in [0.15, 0.2) is 10.5 Å². The van der Waals surface area contributed by atoms with Gasteiger partial charge in [0, 0.05) is 5.56 Å². The van der Waals surface area contributed by atoms with E-state index < -0.39 is 18.4 Å². The number of carbonyl (C=O) groups excluding carboxylic acids is 1. The number of aryl methyl sites for hydroxylation is 2. The Morgan fingerprint density at radius 2 is 2.14 bits per heavy atom. The first-order valence-electron chi connectivity index (χ1n) is 4.07. The summed E-state index contributed by atoms with van der Waals surface area (Å²) in [5, 5.41) is 10.6. The van der Waals surface area contributed by atoms with Gasteiger partial charge in [-0.15, -0.1) is 0 Å².